The molecule has 0 bridgehead atoms. The summed E-state index contributed by atoms with van der Waals surface area (Å²) in [4.78, 5) is 43.0. The van der Waals surface area contributed by atoms with Gasteiger partial charge in [0.05, 0.1) is 28.8 Å². The standard InChI is InChI=1S/C30H42ClN5O5/c1-30(29(39)40)13-4-3-6-20(30)28(38)36-15-12-19-21(31)10-11-24(26(19)23(36)16-35-14-5-7-25(35)37)41-17-22(32)27(34(2)33)18-8-9-18/h10-11,18,20,23H,3-9,12-17,32-33H2,1-2H3,(H,39,40)/b27-22-/t20?,23?,30-/m0/s1. The fourth-order valence-corrected chi connectivity index (χ4v) is 7.27. The zero-order valence-corrected chi connectivity index (χ0v) is 24.8. The van der Waals surface area contributed by atoms with E-state index in [2.05, 4.69) is 0 Å². The van der Waals surface area contributed by atoms with Crippen LogP contribution in [-0.4, -0.2) is 71.0 Å². The summed E-state index contributed by atoms with van der Waals surface area (Å²) in [6.07, 6.45) is 6.39. The van der Waals surface area contributed by atoms with Crippen LogP contribution in [0.4, 0.5) is 0 Å². The van der Waals surface area contributed by atoms with Gasteiger partial charge in [-0.05, 0) is 63.1 Å². The van der Waals surface area contributed by atoms with E-state index in [1.165, 1.54) is 0 Å². The molecule has 2 amide bonds. The summed E-state index contributed by atoms with van der Waals surface area (Å²) < 4.78 is 6.35. The van der Waals surface area contributed by atoms with E-state index in [1.807, 2.05) is 0 Å². The van der Waals surface area contributed by atoms with Gasteiger partial charge in [-0.25, -0.2) is 5.84 Å². The maximum atomic E-state index is 14.3. The fraction of sp³-hybridized carbons (Fsp3) is 0.633. The largest absolute Gasteiger partial charge is 0.487 e. The second kappa shape index (κ2) is 11.7. The molecule has 0 radical (unpaired) electrons. The van der Waals surface area contributed by atoms with E-state index in [-0.39, 0.29) is 18.4 Å². The molecule has 0 aromatic heterocycles. The normalized spacial score (nSPS) is 26.9. The predicted molar refractivity (Wildman–Crippen MR) is 155 cm³/mol. The molecule has 2 unspecified atom stereocenters. The summed E-state index contributed by atoms with van der Waals surface area (Å²) in [6.45, 7) is 3.11. The number of carbonyl (C=O) groups is 3. The van der Waals surface area contributed by atoms with Gasteiger partial charge in [0.25, 0.3) is 0 Å². The number of fused-ring (bicyclic) bond motifs is 1. The Morgan fingerprint density at radius 1 is 1.17 bits per heavy atom. The number of ether oxygens (including phenoxy) is 1. The Balaban J connectivity index is 1.52. The minimum Gasteiger partial charge on any atom is -0.487 e. The highest BCUT2D eigenvalue weighted by Crippen LogP contribution is 2.46. The van der Waals surface area contributed by atoms with Crippen molar-refractivity contribution in [2.75, 3.05) is 33.3 Å². The maximum absolute atomic E-state index is 14.3. The number of nitrogens with zero attached hydrogens (tertiary/aromatic N) is 3. The van der Waals surface area contributed by atoms with Gasteiger partial charge in [-0.2, -0.15) is 0 Å². The first-order chi connectivity index (χ1) is 19.5. The van der Waals surface area contributed by atoms with Crippen LogP contribution < -0.4 is 16.3 Å². The number of allylic oxidation sites excluding steroid dienone is 1. The predicted octanol–water partition coefficient (Wildman–Crippen LogP) is 3.43. The van der Waals surface area contributed by atoms with Gasteiger partial charge in [-0.3, -0.25) is 14.4 Å². The summed E-state index contributed by atoms with van der Waals surface area (Å²) in [5.41, 5.74) is 8.40. The van der Waals surface area contributed by atoms with Crippen LogP contribution >= 0.6 is 11.6 Å². The Hall–Kier alpha value is -2.98. The molecule has 4 aliphatic rings. The smallest absolute Gasteiger partial charge is 0.310 e. The third-order valence-corrected chi connectivity index (χ3v) is 9.82. The quantitative estimate of drug-likeness (QED) is 0.295. The molecule has 10 nitrogen and oxygen atoms in total. The number of rotatable bonds is 9. The fourth-order valence-electron chi connectivity index (χ4n) is 7.01. The van der Waals surface area contributed by atoms with Crippen molar-refractivity contribution in [1.82, 2.24) is 14.8 Å². The number of hydrazine groups is 1. The van der Waals surface area contributed by atoms with Gasteiger partial charge in [0.1, 0.15) is 12.4 Å². The number of nitrogens with two attached hydrogens (primary N) is 2. The number of halogens is 1. The Morgan fingerprint density at radius 2 is 1.93 bits per heavy atom. The third-order valence-electron chi connectivity index (χ3n) is 9.47. The van der Waals surface area contributed by atoms with Gasteiger partial charge in [-0.1, -0.05) is 24.4 Å². The first-order valence-electron chi connectivity index (χ1n) is 14.8. The van der Waals surface area contributed by atoms with E-state index in [4.69, 9.17) is 27.9 Å². The third kappa shape index (κ3) is 5.73. The van der Waals surface area contributed by atoms with Crippen LogP contribution in [0, 0.1) is 17.3 Å². The molecule has 3 fully saturated rings. The van der Waals surface area contributed by atoms with Crippen molar-refractivity contribution in [3.63, 3.8) is 0 Å². The SMILES string of the molecule is CN(N)/C(=C(\N)COc1ccc(Cl)c2c1C(CN1CCCC1=O)N(C(=O)C1CCCC[C@]1(C)C(=O)O)CC2)C1CC1. The molecule has 5 N–H and O–H groups in total. The van der Waals surface area contributed by atoms with Crippen molar-refractivity contribution < 1.29 is 24.2 Å². The highest BCUT2D eigenvalue weighted by Gasteiger charge is 2.50. The van der Waals surface area contributed by atoms with E-state index < -0.39 is 23.3 Å². The van der Waals surface area contributed by atoms with Gasteiger partial charge in [0.2, 0.25) is 11.8 Å². The number of aliphatic carboxylic acids is 1. The molecule has 1 aromatic rings. The van der Waals surface area contributed by atoms with E-state index in [0.717, 1.165) is 48.9 Å². The minimum atomic E-state index is -1.13. The van der Waals surface area contributed by atoms with Crippen LogP contribution in [0.5, 0.6) is 5.75 Å². The summed E-state index contributed by atoms with van der Waals surface area (Å²) >= 11 is 6.72. The molecule has 3 atom stereocenters. The van der Waals surface area contributed by atoms with Crippen LogP contribution in [0.3, 0.4) is 0 Å². The number of benzene rings is 1. The molecule has 41 heavy (non-hydrogen) atoms. The number of hydrogen-bond donors (Lipinski definition) is 3. The monoisotopic (exact) mass is 587 g/mol. The van der Waals surface area contributed by atoms with E-state index in [0.29, 0.717) is 67.7 Å². The van der Waals surface area contributed by atoms with Crippen molar-refractivity contribution in [2.45, 2.75) is 70.8 Å². The summed E-state index contributed by atoms with van der Waals surface area (Å²) in [6, 6.07) is 3.07. The van der Waals surface area contributed by atoms with Gasteiger partial charge >= 0.3 is 5.97 Å². The lowest BCUT2D eigenvalue weighted by Crippen LogP contribution is -2.52. The van der Waals surface area contributed by atoms with Crippen LogP contribution in [0.15, 0.2) is 23.5 Å². The average molecular weight is 588 g/mol. The number of carboxylic acid groups (broad SMARTS) is 1. The van der Waals surface area contributed by atoms with E-state index in [1.54, 1.807) is 40.9 Å². The highest BCUT2D eigenvalue weighted by atomic mass is 35.5. The van der Waals surface area contributed by atoms with Gasteiger partial charge in [0.15, 0.2) is 0 Å². The second-order valence-corrected chi connectivity index (χ2v) is 12.7. The summed E-state index contributed by atoms with van der Waals surface area (Å²) in [7, 11) is 1.77. The number of carboxylic acids is 1. The molecule has 11 heteroatoms. The second-order valence-electron chi connectivity index (χ2n) is 12.3. The summed E-state index contributed by atoms with van der Waals surface area (Å²) in [5.74, 6) is 5.24. The first-order valence-corrected chi connectivity index (χ1v) is 15.1. The lowest BCUT2D eigenvalue weighted by molar-refractivity contribution is -0.162. The van der Waals surface area contributed by atoms with Gasteiger partial charge < -0.3 is 30.4 Å². The molecule has 1 aromatic carbocycles. The van der Waals surface area contributed by atoms with Crippen LogP contribution in [0.2, 0.25) is 5.02 Å². The maximum Gasteiger partial charge on any atom is 0.310 e. The first kappa shape index (κ1) is 29.5. The number of amides is 2. The highest BCUT2D eigenvalue weighted by molar-refractivity contribution is 6.31. The van der Waals surface area contributed by atoms with Crippen molar-refractivity contribution in [3.8, 4) is 5.75 Å². The minimum absolute atomic E-state index is 0.0503. The van der Waals surface area contributed by atoms with Crippen molar-refractivity contribution in [3.05, 3.63) is 39.7 Å². The molecule has 1 saturated heterocycles. The molecule has 5 rings (SSSR count). The Labute approximate surface area is 246 Å². The summed E-state index contributed by atoms with van der Waals surface area (Å²) in [5, 5.41) is 12.3. The molecule has 0 spiro atoms. The topological polar surface area (TPSA) is 142 Å². The Morgan fingerprint density at radius 3 is 2.56 bits per heavy atom. The van der Waals surface area contributed by atoms with Crippen molar-refractivity contribution in [2.24, 2.45) is 28.8 Å². The molecular formula is C30H42ClN5O5. The number of hydrogen-bond acceptors (Lipinski definition) is 7. The Bertz CT molecular complexity index is 1240. The van der Waals surface area contributed by atoms with Crippen LogP contribution in [0.25, 0.3) is 0 Å². The molecule has 2 saturated carbocycles. The van der Waals surface area contributed by atoms with Gasteiger partial charge in [-0.15, -0.1) is 0 Å². The lowest BCUT2D eigenvalue weighted by Gasteiger charge is -2.45. The molecule has 224 valence electrons. The average Bonchev–Trinajstić information content (AvgIpc) is 3.68. The molecule has 2 aliphatic carbocycles. The van der Waals surface area contributed by atoms with Crippen molar-refractivity contribution >= 4 is 29.4 Å². The molecular weight excluding hydrogens is 546 g/mol. The van der Waals surface area contributed by atoms with Crippen molar-refractivity contribution in [1.29, 1.82) is 0 Å². The van der Waals surface area contributed by atoms with Gasteiger partial charge in [0, 0.05) is 49.6 Å². The zero-order chi connectivity index (χ0) is 29.5. The number of likely N-dealkylation sites (tertiary alicyclic amines) is 1. The Kier molecular flexibility index (Phi) is 8.43. The zero-order valence-electron chi connectivity index (χ0n) is 24.0. The van der Waals surface area contributed by atoms with E-state index >= 15 is 0 Å². The lowest BCUT2D eigenvalue weighted by atomic mass is 9.66. The molecule has 2 heterocycles. The van der Waals surface area contributed by atoms with E-state index in [9.17, 15) is 19.5 Å². The molecule has 2 aliphatic heterocycles. The number of carbonyl (C=O) groups excluding carboxylic acids is 2. The van der Waals surface area contributed by atoms with Crippen LogP contribution in [0.1, 0.15) is 75.5 Å². The van der Waals surface area contributed by atoms with Crippen LogP contribution in [-0.2, 0) is 20.8 Å².